The van der Waals surface area contributed by atoms with Crippen molar-refractivity contribution in [3.63, 3.8) is 0 Å². The highest BCUT2D eigenvalue weighted by Gasteiger charge is 2.09. The van der Waals surface area contributed by atoms with Crippen molar-refractivity contribution < 1.29 is 5.11 Å². The highest BCUT2D eigenvalue weighted by atomic mass is 79.9. The van der Waals surface area contributed by atoms with E-state index in [0.717, 1.165) is 16.3 Å². The molecule has 1 aromatic carbocycles. The number of benzene rings is 1. The summed E-state index contributed by atoms with van der Waals surface area (Å²) in [6.45, 7) is 0. The highest BCUT2D eigenvalue weighted by Crippen LogP contribution is 2.26. The highest BCUT2D eigenvalue weighted by molar-refractivity contribution is 8.93. The standard InChI is InChI=1S/C11H8N2O2.BrH/c14-8-5-6-1-3-12-7-2-4-13-10(9(6)7)11(8)15;/h1-5,12-13,15H;1H. The fourth-order valence-electron chi connectivity index (χ4n) is 1.86. The number of phenols is 1. The summed E-state index contributed by atoms with van der Waals surface area (Å²) in [5.74, 6) is -0.229. The minimum Gasteiger partial charge on any atom is -0.503 e. The Hall–Kier alpha value is -1.75. The summed E-state index contributed by atoms with van der Waals surface area (Å²) >= 11 is 0. The molecule has 0 fully saturated rings. The number of nitrogens with one attached hydrogen (secondary N) is 2. The molecule has 0 aliphatic carbocycles. The van der Waals surface area contributed by atoms with Crippen LogP contribution < -0.4 is 5.43 Å². The van der Waals surface area contributed by atoms with E-state index in [4.69, 9.17) is 0 Å². The zero-order valence-corrected chi connectivity index (χ0v) is 9.86. The third-order valence-corrected chi connectivity index (χ3v) is 2.54. The van der Waals surface area contributed by atoms with Crippen molar-refractivity contribution in [2.45, 2.75) is 0 Å². The predicted octanol–water partition coefficient (Wildman–Crippen LogP) is 2.29. The van der Waals surface area contributed by atoms with Crippen LogP contribution in [-0.4, -0.2) is 15.1 Å². The smallest absolute Gasteiger partial charge is 0.222 e. The van der Waals surface area contributed by atoms with E-state index in [1.165, 1.54) is 6.07 Å². The minimum absolute atomic E-state index is 0. The number of aromatic amines is 2. The molecule has 5 heteroatoms. The fourth-order valence-corrected chi connectivity index (χ4v) is 1.86. The van der Waals surface area contributed by atoms with E-state index in [2.05, 4.69) is 9.97 Å². The van der Waals surface area contributed by atoms with Gasteiger partial charge in [-0.2, -0.15) is 0 Å². The lowest BCUT2D eigenvalue weighted by Gasteiger charge is -2.05. The topological polar surface area (TPSA) is 68.9 Å². The molecule has 0 saturated heterocycles. The Morgan fingerprint density at radius 1 is 1.12 bits per heavy atom. The molecule has 2 heterocycles. The second kappa shape index (κ2) is 3.68. The van der Waals surface area contributed by atoms with Crippen molar-refractivity contribution >= 4 is 38.8 Å². The number of hydrogen-bond donors (Lipinski definition) is 3. The van der Waals surface area contributed by atoms with Crippen LogP contribution in [0.25, 0.3) is 21.8 Å². The fraction of sp³-hybridized carbons (Fsp3) is 0. The number of aromatic hydroxyl groups is 1. The van der Waals surface area contributed by atoms with E-state index < -0.39 is 0 Å². The molecule has 0 amide bonds. The maximum absolute atomic E-state index is 11.4. The summed E-state index contributed by atoms with van der Waals surface area (Å²) in [4.78, 5) is 17.4. The van der Waals surface area contributed by atoms with Crippen molar-refractivity contribution in [1.82, 2.24) is 9.97 Å². The van der Waals surface area contributed by atoms with Crippen LogP contribution in [0.2, 0.25) is 0 Å². The number of phenolic OH excluding ortho intramolecular Hbond substituents is 1. The Labute approximate surface area is 101 Å². The monoisotopic (exact) mass is 280 g/mol. The van der Waals surface area contributed by atoms with Crippen LogP contribution in [0.5, 0.6) is 5.75 Å². The lowest BCUT2D eigenvalue weighted by atomic mass is 10.1. The van der Waals surface area contributed by atoms with Crippen molar-refractivity contribution in [1.29, 1.82) is 0 Å². The summed E-state index contributed by atoms with van der Waals surface area (Å²) in [6.07, 6.45) is 3.46. The van der Waals surface area contributed by atoms with Gasteiger partial charge in [0.25, 0.3) is 0 Å². The molecule has 3 rings (SSSR count). The molecule has 0 bridgehead atoms. The van der Waals surface area contributed by atoms with E-state index >= 15 is 0 Å². The SMILES string of the molecule is Br.O=c1cc2cc[nH]c3cc[nH]c(c1O)c23. The average molecular weight is 281 g/mol. The maximum Gasteiger partial charge on any atom is 0.222 e. The lowest BCUT2D eigenvalue weighted by Crippen LogP contribution is -2.00. The van der Waals surface area contributed by atoms with Gasteiger partial charge in [-0.1, -0.05) is 0 Å². The predicted molar refractivity (Wildman–Crippen MR) is 68.4 cm³/mol. The lowest BCUT2D eigenvalue weighted by molar-refractivity contribution is 0.475. The first-order chi connectivity index (χ1) is 7.27. The molecular weight excluding hydrogens is 272 g/mol. The van der Waals surface area contributed by atoms with Gasteiger partial charge in [0.15, 0.2) is 5.75 Å². The van der Waals surface area contributed by atoms with Gasteiger partial charge in [-0.3, -0.25) is 4.79 Å². The summed E-state index contributed by atoms with van der Waals surface area (Å²) in [6, 6.07) is 5.11. The second-order valence-corrected chi connectivity index (χ2v) is 3.43. The molecule has 0 saturated carbocycles. The van der Waals surface area contributed by atoms with Gasteiger partial charge in [0, 0.05) is 23.3 Å². The first-order valence-corrected chi connectivity index (χ1v) is 4.58. The molecule has 3 aromatic rings. The van der Waals surface area contributed by atoms with E-state index in [1.54, 1.807) is 12.4 Å². The molecule has 16 heavy (non-hydrogen) atoms. The van der Waals surface area contributed by atoms with Crippen LogP contribution in [0.15, 0.2) is 35.4 Å². The van der Waals surface area contributed by atoms with Crippen molar-refractivity contribution in [2.75, 3.05) is 0 Å². The molecule has 82 valence electrons. The molecule has 0 atom stereocenters. The molecule has 0 unspecified atom stereocenters. The van der Waals surface area contributed by atoms with Crippen LogP contribution in [0, 0.1) is 0 Å². The van der Waals surface area contributed by atoms with Gasteiger partial charge in [-0.25, -0.2) is 0 Å². The Bertz CT molecular complexity index is 709. The van der Waals surface area contributed by atoms with Gasteiger partial charge in [-0.15, -0.1) is 17.0 Å². The third-order valence-electron chi connectivity index (χ3n) is 2.54. The Morgan fingerprint density at radius 2 is 1.88 bits per heavy atom. The molecule has 0 radical (unpaired) electrons. The van der Waals surface area contributed by atoms with Crippen molar-refractivity contribution in [3.8, 4) is 5.75 Å². The number of pyridine rings is 2. The summed E-state index contributed by atoms with van der Waals surface area (Å²) in [5, 5.41) is 11.3. The van der Waals surface area contributed by atoms with Crippen LogP contribution in [0.3, 0.4) is 0 Å². The Kier molecular flexibility index (Phi) is 2.47. The third kappa shape index (κ3) is 1.32. The summed E-state index contributed by atoms with van der Waals surface area (Å²) in [7, 11) is 0. The zero-order chi connectivity index (χ0) is 10.4. The molecule has 0 aliphatic rings. The quantitative estimate of drug-likeness (QED) is 0.591. The maximum atomic E-state index is 11.4. The van der Waals surface area contributed by atoms with E-state index in [-0.39, 0.29) is 28.2 Å². The molecule has 0 spiro atoms. The Morgan fingerprint density at radius 3 is 2.69 bits per heavy atom. The van der Waals surface area contributed by atoms with Crippen molar-refractivity contribution in [3.05, 3.63) is 40.8 Å². The largest absolute Gasteiger partial charge is 0.503 e. The van der Waals surface area contributed by atoms with Gasteiger partial charge in [0.2, 0.25) is 5.43 Å². The number of H-pyrrole nitrogens is 2. The normalized spacial score (nSPS) is 10.5. The van der Waals surface area contributed by atoms with Crippen LogP contribution in [-0.2, 0) is 0 Å². The zero-order valence-electron chi connectivity index (χ0n) is 8.15. The van der Waals surface area contributed by atoms with Crippen LogP contribution >= 0.6 is 17.0 Å². The van der Waals surface area contributed by atoms with Gasteiger partial charge in [-0.05, 0) is 23.6 Å². The molecule has 3 N–H and O–H groups in total. The molecular formula is C11H9BrN2O2. The van der Waals surface area contributed by atoms with E-state index in [0.29, 0.717) is 5.52 Å². The van der Waals surface area contributed by atoms with Gasteiger partial charge in [0.1, 0.15) is 0 Å². The Balaban J connectivity index is 0.000000963. The number of hydrogen-bond acceptors (Lipinski definition) is 2. The molecule has 2 aromatic heterocycles. The van der Waals surface area contributed by atoms with E-state index in [9.17, 15) is 9.90 Å². The number of halogens is 1. The van der Waals surface area contributed by atoms with Crippen LogP contribution in [0.4, 0.5) is 0 Å². The number of aromatic nitrogens is 2. The first-order valence-electron chi connectivity index (χ1n) is 4.58. The van der Waals surface area contributed by atoms with Gasteiger partial charge < -0.3 is 15.1 Å². The minimum atomic E-state index is -0.363. The van der Waals surface area contributed by atoms with E-state index in [1.807, 2.05) is 12.1 Å². The van der Waals surface area contributed by atoms with Crippen LogP contribution in [0.1, 0.15) is 0 Å². The average Bonchev–Trinajstić information content (AvgIpc) is 2.26. The second-order valence-electron chi connectivity index (χ2n) is 3.43. The summed E-state index contributed by atoms with van der Waals surface area (Å²) < 4.78 is 0. The van der Waals surface area contributed by atoms with Gasteiger partial charge in [0.05, 0.1) is 5.52 Å². The summed E-state index contributed by atoms with van der Waals surface area (Å²) in [5.41, 5.74) is 1.00. The first kappa shape index (κ1) is 10.8. The van der Waals surface area contributed by atoms with Crippen molar-refractivity contribution in [2.24, 2.45) is 0 Å². The molecule has 4 nitrogen and oxygen atoms in total. The molecule has 0 aliphatic heterocycles. The number of rotatable bonds is 0. The van der Waals surface area contributed by atoms with Gasteiger partial charge >= 0.3 is 0 Å².